The van der Waals surface area contributed by atoms with Crippen molar-refractivity contribution in [1.82, 2.24) is 0 Å². The van der Waals surface area contributed by atoms with Gasteiger partial charge in [-0.05, 0) is 56.2 Å². The molecule has 2 rings (SSSR count). The first kappa shape index (κ1) is 12.8. The summed E-state index contributed by atoms with van der Waals surface area (Å²) >= 11 is 6.28. The van der Waals surface area contributed by atoms with E-state index in [1.807, 2.05) is 13.8 Å². The molecule has 1 nitrogen and oxygen atoms in total. The Morgan fingerprint density at radius 2 is 1.82 bits per heavy atom. The van der Waals surface area contributed by atoms with Crippen LogP contribution in [-0.2, 0) is 0 Å². The quantitative estimate of drug-likeness (QED) is 0.715. The van der Waals surface area contributed by atoms with E-state index in [1.165, 1.54) is 12.0 Å². The molecule has 0 amide bonds. The molecule has 3 unspecified atom stereocenters. The molecule has 1 fully saturated rings. The predicted molar refractivity (Wildman–Crippen MR) is 73.0 cm³/mol. The minimum absolute atomic E-state index is 0.235. The molecule has 0 radical (unpaired) electrons. The first-order valence-electron chi connectivity index (χ1n) is 6.48. The van der Waals surface area contributed by atoms with Gasteiger partial charge < -0.3 is 4.74 Å². The highest BCUT2D eigenvalue weighted by Gasteiger charge is 2.32. The summed E-state index contributed by atoms with van der Waals surface area (Å²) in [6, 6.07) is 8.52. The second-order valence-corrected chi connectivity index (χ2v) is 5.86. The first-order valence-corrected chi connectivity index (χ1v) is 6.92. The van der Waals surface area contributed by atoms with Gasteiger partial charge in [-0.3, -0.25) is 0 Å². The van der Waals surface area contributed by atoms with Crippen LogP contribution in [0.5, 0.6) is 5.75 Å². The van der Waals surface area contributed by atoms with Crippen LogP contribution in [0.3, 0.4) is 0 Å². The summed E-state index contributed by atoms with van der Waals surface area (Å²) in [5.74, 6) is 2.15. The zero-order valence-electron chi connectivity index (χ0n) is 10.8. The third-order valence-corrected chi connectivity index (χ3v) is 4.25. The summed E-state index contributed by atoms with van der Waals surface area (Å²) < 4.78 is 5.65. The second kappa shape index (κ2) is 5.30. The fourth-order valence-corrected chi connectivity index (χ4v) is 2.95. The topological polar surface area (TPSA) is 9.23 Å². The Morgan fingerprint density at radius 1 is 1.18 bits per heavy atom. The molecule has 0 aliphatic heterocycles. The molecule has 0 saturated heterocycles. The van der Waals surface area contributed by atoms with Gasteiger partial charge in [0, 0.05) is 5.38 Å². The van der Waals surface area contributed by atoms with Gasteiger partial charge in [-0.2, -0.15) is 0 Å². The summed E-state index contributed by atoms with van der Waals surface area (Å²) in [4.78, 5) is 0. The standard InChI is InChI=1S/C15H21ClO/c1-10(2)17-13-6-4-12(5-7-13)14-8-9-15(16)11(14)3/h4-7,10-11,14-15H,8-9H2,1-3H3. The number of hydrogen-bond acceptors (Lipinski definition) is 1. The second-order valence-electron chi connectivity index (χ2n) is 5.29. The van der Waals surface area contributed by atoms with E-state index in [0.717, 1.165) is 12.2 Å². The SMILES string of the molecule is CC(C)Oc1ccc(C2CCC(Cl)C2C)cc1. The van der Waals surface area contributed by atoms with Crippen LogP contribution >= 0.6 is 11.6 Å². The van der Waals surface area contributed by atoms with Gasteiger partial charge >= 0.3 is 0 Å². The summed E-state index contributed by atoms with van der Waals surface area (Å²) in [5.41, 5.74) is 1.40. The van der Waals surface area contributed by atoms with Crippen molar-refractivity contribution in [2.24, 2.45) is 5.92 Å². The van der Waals surface area contributed by atoms with Gasteiger partial charge in [0.2, 0.25) is 0 Å². The first-order chi connectivity index (χ1) is 8.08. The van der Waals surface area contributed by atoms with Crippen molar-refractivity contribution in [2.75, 3.05) is 0 Å². The molecule has 0 bridgehead atoms. The van der Waals surface area contributed by atoms with Crippen LogP contribution in [0, 0.1) is 5.92 Å². The fraction of sp³-hybridized carbons (Fsp3) is 0.600. The van der Waals surface area contributed by atoms with Crippen molar-refractivity contribution in [3.05, 3.63) is 29.8 Å². The third kappa shape index (κ3) is 2.95. The molecule has 0 aromatic heterocycles. The van der Waals surface area contributed by atoms with Gasteiger partial charge in [-0.1, -0.05) is 19.1 Å². The molecule has 17 heavy (non-hydrogen) atoms. The zero-order valence-corrected chi connectivity index (χ0v) is 11.6. The largest absolute Gasteiger partial charge is 0.491 e. The molecule has 1 aromatic carbocycles. The van der Waals surface area contributed by atoms with Crippen LogP contribution in [0.2, 0.25) is 0 Å². The minimum atomic E-state index is 0.235. The number of rotatable bonds is 3. The van der Waals surface area contributed by atoms with Crippen molar-refractivity contribution >= 4 is 11.6 Å². The highest BCUT2D eigenvalue weighted by atomic mass is 35.5. The van der Waals surface area contributed by atoms with E-state index in [9.17, 15) is 0 Å². The maximum Gasteiger partial charge on any atom is 0.119 e. The zero-order chi connectivity index (χ0) is 12.4. The molecule has 1 aliphatic rings. The van der Waals surface area contributed by atoms with Gasteiger partial charge in [0.1, 0.15) is 5.75 Å². The summed E-state index contributed by atoms with van der Waals surface area (Å²) in [7, 11) is 0. The van der Waals surface area contributed by atoms with Crippen LogP contribution in [0.15, 0.2) is 24.3 Å². The molecule has 0 heterocycles. The Bertz CT molecular complexity index is 358. The van der Waals surface area contributed by atoms with E-state index in [-0.39, 0.29) is 6.10 Å². The smallest absolute Gasteiger partial charge is 0.119 e. The van der Waals surface area contributed by atoms with E-state index in [0.29, 0.717) is 17.2 Å². The van der Waals surface area contributed by atoms with Crippen LogP contribution in [0.1, 0.15) is 45.1 Å². The van der Waals surface area contributed by atoms with Gasteiger partial charge in [0.25, 0.3) is 0 Å². The summed E-state index contributed by atoms with van der Waals surface area (Å²) in [5, 5.41) is 0.339. The Kier molecular flexibility index (Phi) is 3.98. The Labute approximate surface area is 109 Å². The lowest BCUT2D eigenvalue weighted by Gasteiger charge is -2.18. The van der Waals surface area contributed by atoms with Crippen molar-refractivity contribution in [3.8, 4) is 5.75 Å². The lowest BCUT2D eigenvalue weighted by Crippen LogP contribution is -2.09. The molecule has 2 heteroatoms. The molecular formula is C15H21ClO. The van der Waals surface area contributed by atoms with E-state index in [4.69, 9.17) is 16.3 Å². The van der Waals surface area contributed by atoms with Crippen LogP contribution in [-0.4, -0.2) is 11.5 Å². The normalized spacial score (nSPS) is 28.6. The van der Waals surface area contributed by atoms with E-state index >= 15 is 0 Å². The van der Waals surface area contributed by atoms with E-state index in [2.05, 4.69) is 31.2 Å². The molecule has 1 saturated carbocycles. The molecular weight excluding hydrogens is 232 g/mol. The summed E-state index contributed by atoms with van der Waals surface area (Å²) in [6.45, 7) is 6.35. The minimum Gasteiger partial charge on any atom is -0.491 e. The number of alkyl halides is 1. The van der Waals surface area contributed by atoms with Crippen molar-refractivity contribution in [1.29, 1.82) is 0 Å². The van der Waals surface area contributed by atoms with E-state index in [1.54, 1.807) is 0 Å². The Hall–Kier alpha value is -0.690. The molecule has 94 valence electrons. The maximum atomic E-state index is 6.28. The number of benzene rings is 1. The number of ether oxygens (including phenoxy) is 1. The summed E-state index contributed by atoms with van der Waals surface area (Å²) in [6.07, 6.45) is 2.58. The highest BCUT2D eigenvalue weighted by molar-refractivity contribution is 6.21. The average Bonchev–Trinajstić information content (AvgIpc) is 2.60. The van der Waals surface area contributed by atoms with Crippen LogP contribution in [0.4, 0.5) is 0 Å². The number of halogens is 1. The van der Waals surface area contributed by atoms with Gasteiger partial charge in [-0.25, -0.2) is 0 Å². The fourth-order valence-electron chi connectivity index (χ4n) is 2.65. The molecule has 1 aliphatic carbocycles. The molecule has 1 aromatic rings. The average molecular weight is 253 g/mol. The van der Waals surface area contributed by atoms with Crippen molar-refractivity contribution < 1.29 is 4.74 Å². The van der Waals surface area contributed by atoms with Crippen molar-refractivity contribution in [3.63, 3.8) is 0 Å². The Morgan fingerprint density at radius 3 is 2.29 bits per heavy atom. The molecule has 0 spiro atoms. The predicted octanol–water partition coefficient (Wildman–Crippen LogP) is 4.59. The van der Waals surface area contributed by atoms with E-state index < -0.39 is 0 Å². The lowest BCUT2D eigenvalue weighted by molar-refractivity contribution is 0.242. The maximum absolute atomic E-state index is 6.28. The molecule has 3 atom stereocenters. The van der Waals surface area contributed by atoms with Crippen molar-refractivity contribution in [2.45, 2.75) is 51.0 Å². The monoisotopic (exact) mass is 252 g/mol. The highest BCUT2D eigenvalue weighted by Crippen LogP contribution is 2.42. The Balaban J connectivity index is 2.08. The van der Waals surface area contributed by atoms with Gasteiger partial charge in [-0.15, -0.1) is 11.6 Å². The van der Waals surface area contributed by atoms with Crippen LogP contribution < -0.4 is 4.74 Å². The number of hydrogen-bond donors (Lipinski definition) is 0. The lowest BCUT2D eigenvalue weighted by atomic mass is 9.90. The van der Waals surface area contributed by atoms with Crippen LogP contribution in [0.25, 0.3) is 0 Å². The van der Waals surface area contributed by atoms with Gasteiger partial charge in [0.15, 0.2) is 0 Å². The molecule has 0 N–H and O–H groups in total. The van der Waals surface area contributed by atoms with Gasteiger partial charge in [0.05, 0.1) is 6.10 Å². The third-order valence-electron chi connectivity index (χ3n) is 3.64.